The first-order valence-corrected chi connectivity index (χ1v) is 10.2. The largest absolute Gasteiger partial charge is 0.431 e. The van der Waals surface area contributed by atoms with E-state index in [1.165, 1.54) is 11.8 Å². The summed E-state index contributed by atoms with van der Waals surface area (Å²) in [5, 5.41) is 6.26. The number of hydrogen-bond acceptors (Lipinski definition) is 5. The zero-order chi connectivity index (χ0) is 19.9. The Morgan fingerprint density at radius 2 is 2.00 bits per heavy atom. The molecular weight excluding hydrogens is 374 g/mol. The summed E-state index contributed by atoms with van der Waals surface area (Å²) in [6, 6.07) is 15.0. The van der Waals surface area contributed by atoms with Crippen molar-refractivity contribution in [2.24, 2.45) is 5.92 Å². The van der Waals surface area contributed by atoms with Crippen molar-refractivity contribution in [1.82, 2.24) is 10.3 Å². The highest BCUT2D eigenvalue weighted by Crippen LogP contribution is 2.22. The maximum absolute atomic E-state index is 12.1. The van der Waals surface area contributed by atoms with Crippen LogP contribution in [0.15, 0.2) is 58.2 Å². The number of para-hydroxylation sites is 2. The highest BCUT2D eigenvalue weighted by Gasteiger charge is 2.11. The molecule has 146 valence electrons. The van der Waals surface area contributed by atoms with Gasteiger partial charge in [0.05, 0.1) is 5.75 Å². The summed E-state index contributed by atoms with van der Waals surface area (Å²) >= 11 is 1.26. The van der Waals surface area contributed by atoms with E-state index in [2.05, 4.69) is 15.6 Å². The number of anilines is 1. The van der Waals surface area contributed by atoms with E-state index >= 15 is 0 Å². The van der Waals surface area contributed by atoms with Crippen LogP contribution in [-0.2, 0) is 16.1 Å². The number of oxazole rings is 1. The van der Waals surface area contributed by atoms with Crippen LogP contribution < -0.4 is 10.6 Å². The van der Waals surface area contributed by atoms with Crippen LogP contribution >= 0.6 is 11.8 Å². The van der Waals surface area contributed by atoms with E-state index in [0.717, 1.165) is 23.2 Å². The molecule has 0 fully saturated rings. The van der Waals surface area contributed by atoms with E-state index in [9.17, 15) is 9.59 Å². The highest BCUT2D eigenvalue weighted by molar-refractivity contribution is 7.99. The number of benzene rings is 2. The molecule has 2 N–H and O–H groups in total. The number of fused-ring (bicyclic) bond motifs is 1. The van der Waals surface area contributed by atoms with E-state index in [1.807, 2.05) is 62.4 Å². The fourth-order valence-corrected chi connectivity index (χ4v) is 3.17. The predicted octanol–water partition coefficient (Wildman–Crippen LogP) is 4.22. The lowest BCUT2D eigenvalue weighted by atomic mass is 10.1. The Labute approximate surface area is 168 Å². The number of thioether (sulfide) groups is 1. The van der Waals surface area contributed by atoms with Crippen molar-refractivity contribution in [2.75, 3.05) is 11.1 Å². The molecular formula is C21H23N3O3S. The van der Waals surface area contributed by atoms with Gasteiger partial charge in [0.15, 0.2) is 5.58 Å². The molecule has 6 nitrogen and oxygen atoms in total. The Morgan fingerprint density at radius 1 is 1.18 bits per heavy atom. The van der Waals surface area contributed by atoms with Crippen LogP contribution in [0.25, 0.3) is 11.1 Å². The third-order valence-corrected chi connectivity index (χ3v) is 5.17. The van der Waals surface area contributed by atoms with E-state index in [4.69, 9.17) is 4.42 Å². The number of hydrogen-bond donors (Lipinski definition) is 2. The van der Waals surface area contributed by atoms with Gasteiger partial charge in [0.2, 0.25) is 11.8 Å². The average molecular weight is 398 g/mol. The van der Waals surface area contributed by atoms with Gasteiger partial charge in [0.25, 0.3) is 5.22 Å². The maximum Gasteiger partial charge on any atom is 0.257 e. The van der Waals surface area contributed by atoms with Crippen molar-refractivity contribution in [3.8, 4) is 0 Å². The van der Waals surface area contributed by atoms with E-state index < -0.39 is 0 Å². The normalized spacial score (nSPS) is 11.9. The van der Waals surface area contributed by atoms with Gasteiger partial charge in [-0.3, -0.25) is 9.59 Å². The summed E-state index contributed by atoms with van der Waals surface area (Å²) in [5.41, 5.74) is 3.14. The SMILES string of the molecule is CCC(C)C(=O)Nc1cccc(CNC(=O)CSc2nc3ccccc3o2)c1. The number of carbonyl (C=O) groups is 2. The second-order valence-corrected chi connectivity index (χ2v) is 7.44. The van der Waals surface area contributed by atoms with E-state index in [0.29, 0.717) is 17.4 Å². The van der Waals surface area contributed by atoms with Gasteiger partial charge in [-0.25, -0.2) is 4.98 Å². The molecule has 0 bridgehead atoms. The lowest BCUT2D eigenvalue weighted by Crippen LogP contribution is -2.24. The number of aromatic nitrogens is 1. The van der Waals surface area contributed by atoms with Gasteiger partial charge < -0.3 is 15.1 Å². The lowest BCUT2D eigenvalue weighted by Gasteiger charge is -2.11. The minimum atomic E-state index is -0.110. The molecule has 0 aliphatic rings. The first-order chi connectivity index (χ1) is 13.5. The second-order valence-electron chi connectivity index (χ2n) is 6.51. The van der Waals surface area contributed by atoms with Crippen LogP contribution in [-0.4, -0.2) is 22.6 Å². The molecule has 0 aliphatic carbocycles. The van der Waals surface area contributed by atoms with Crippen LogP contribution in [0.5, 0.6) is 0 Å². The Bertz CT molecular complexity index is 937. The molecule has 0 spiro atoms. The molecule has 0 radical (unpaired) electrons. The van der Waals surface area contributed by atoms with Crippen molar-refractivity contribution in [2.45, 2.75) is 32.0 Å². The van der Waals surface area contributed by atoms with Crippen LogP contribution in [0.4, 0.5) is 5.69 Å². The fourth-order valence-electron chi connectivity index (χ4n) is 2.50. The maximum atomic E-state index is 12.1. The van der Waals surface area contributed by atoms with Crippen molar-refractivity contribution in [3.63, 3.8) is 0 Å². The molecule has 0 saturated carbocycles. The minimum Gasteiger partial charge on any atom is -0.431 e. The molecule has 0 aliphatic heterocycles. The molecule has 0 saturated heterocycles. The molecule has 1 heterocycles. The van der Waals surface area contributed by atoms with Crippen LogP contribution in [0.2, 0.25) is 0 Å². The topological polar surface area (TPSA) is 84.2 Å². The molecule has 1 unspecified atom stereocenters. The Kier molecular flexibility index (Phi) is 6.71. The van der Waals surface area contributed by atoms with Crippen LogP contribution in [0.1, 0.15) is 25.8 Å². The van der Waals surface area contributed by atoms with Gasteiger partial charge in [0, 0.05) is 18.2 Å². The van der Waals surface area contributed by atoms with Crippen molar-refractivity contribution in [3.05, 3.63) is 54.1 Å². The highest BCUT2D eigenvalue weighted by atomic mass is 32.2. The molecule has 2 amide bonds. The third kappa shape index (κ3) is 5.36. The van der Waals surface area contributed by atoms with Gasteiger partial charge in [-0.05, 0) is 36.2 Å². The predicted molar refractivity (Wildman–Crippen MR) is 111 cm³/mol. The van der Waals surface area contributed by atoms with Gasteiger partial charge in [-0.1, -0.05) is 49.9 Å². The number of amides is 2. The average Bonchev–Trinajstić information content (AvgIpc) is 3.13. The van der Waals surface area contributed by atoms with Gasteiger partial charge in [-0.2, -0.15) is 0 Å². The van der Waals surface area contributed by atoms with Crippen LogP contribution in [0, 0.1) is 5.92 Å². The van der Waals surface area contributed by atoms with Crippen molar-refractivity contribution < 1.29 is 14.0 Å². The summed E-state index contributed by atoms with van der Waals surface area (Å²) < 4.78 is 5.59. The quantitative estimate of drug-likeness (QED) is 0.556. The smallest absolute Gasteiger partial charge is 0.257 e. The lowest BCUT2D eigenvalue weighted by molar-refractivity contribution is -0.120. The molecule has 3 aromatic rings. The summed E-state index contributed by atoms with van der Waals surface area (Å²) in [6.45, 7) is 4.27. The molecule has 2 aromatic carbocycles. The number of nitrogens with zero attached hydrogens (tertiary/aromatic N) is 1. The van der Waals surface area contributed by atoms with Gasteiger partial charge >= 0.3 is 0 Å². The fraction of sp³-hybridized carbons (Fsp3) is 0.286. The summed E-state index contributed by atoms with van der Waals surface area (Å²) in [4.78, 5) is 28.5. The molecule has 3 rings (SSSR count). The molecule has 7 heteroatoms. The van der Waals surface area contributed by atoms with Gasteiger partial charge in [-0.15, -0.1) is 0 Å². The Hall–Kier alpha value is -2.80. The van der Waals surface area contributed by atoms with Crippen molar-refractivity contribution >= 4 is 40.4 Å². The van der Waals surface area contributed by atoms with E-state index in [1.54, 1.807) is 0 Å². The standard InChI is InChI=1S/C21H23N3O3S/c1-3-14(2)20(26)23-16-8-6-7-15(11-16)12-22-19(25)13-28-21-24-17-9-4-5-10-18(17)27-21/h4-11,14H,3,12-13H2,1-2H3,(H,22,25)(H,23,26). The third-order valence-electron chi connectivity index (χ3n) is 4.35. The number of nitrogens with one attached hydrogen (secondary N) is 2. The summed E-state index contributed by atoms with van der Waals surface area (Å²) in [6.07, 6.45) is 0.791. The summed E-state index contributed by atoms with van der Waals surface area (Å²) in [5.74, 6) is 0.0732. The minimum absolute atomic E-state index is 0.00146. The van der Waals surface area contributed by atoms with Crippen molar-refractivity contribution in [1.29, 1.82) is 0 Å². The van der Waals surface area contributed by atoms with Crippen LogP contribution in [0.3, 0.4) is 0 Å². The molecule has 28 heavy (non-hydrogen) atoms. The summed E-state index contributed by atoms with van der Waals surface area (Å²) in [7, 11) is 0. The Morgan fingerprint density at radius 3 is 2.79 bits per heavy atom. The monoisotopic (exact) mass is 397 g/mol. The number of carbonyl (C=O) groups excluding carboxylic acids is 2. The first kappa shape index (κ1) is 19.9. The molecule has 1 aromatic heterocycles. The zero-order valence-corrected chi connectivity index (χ0v) is 16.7. The Balaban J connectivity index is 1.48. The number of rotatable bonds is 8. The van der Waals surface area contributed by atoms with E-state index in [-0.39, 0.29) is 23.5 Å². The zero-order valence-electron chi connectivity index (χ0n) is 15.9. The van der Waals surface area contributed by atoms with Gasteiger partial charge in [0.1, 0.15) is 5.52 Å². The second kappa shape index (κ2) is 9.41. The molecule has 1 atom stereocenters. The first-order valence-electron chi connectivity index (χ1n) is 9.20.